The molecule has 0 aromatic heterocycles. The number of aryl methyl sites for hydroxylation is 1. The van der Waals surface area contributed by atoms with Crippen molar-refractivity contribution in [2.45, 2.75) is 25.3 Å². The van der Waals surface area contributed by atoms with Crippen LogP contribution < -0.4 is 10.1 Å². The summed E-state index contributed by atoms with van der Waals surface area (Å²) in [6, 6.07) is 6.94. The number of hydrogen-bond donors (Lipinski definition) is 1. The molecule has 1 N–H and O–H groups in total. The quantitative estimate of drug-likeness (QED) is 0.704. The summed E-state index contributed by atoms with van der Waals surface area (Å²) in [6.45, 7) is 2.72. The molecule has 1 aliphatic rings. The number of nitrogens with one attached hydrogen (secondary N) is 1. The Kier molecular flexibility index (Phi) is 6.30. The molecule has 1 aromatic rings. The van der Waals surface area contributed by atoms with Gasteiger partial charge in [-0.05, 0) is 43.1 Å². The zero-order valence-corrected chi connectivity index (χ0v) is 12.5. The van der Waals surface area contributed by atoms with Crippen molar-refractivity contribution < 1.29 is 14.2 Å². The predicted octanol–water partition coefficient (Wildman–Crippen LogP) is 2.33. The van der Waals surface area contributed by atoms with Crippen molar-refractivity contribution in [3.63, 3.8) is 0 Å². The van der Waals surface area contributed by atoms with E-state index in [2.05, 4.69) is 23.5 Å². The van der Waals surface area contributed by atoms with Gasteiger partial charge >= 0.3 is 0 Å². The maximum atomic E-state index is 5.78. The number of fused-ring (bicyclic) bond motifs is 1. The molecule has 0 fully saturated rings. The van der Waals surface area contributed by atoms with E-state index in [0.717, 1.165) is 25.2 Å². The number of hydrogen-bond acceptors (Lipinski definition) is 4. The van der Waals surface area contributed by atoms with Crippen molar-refractivity contribution in [1.82, 2.24) is 5.32 Å². The zero-order valence-electron chi connectivity index (χ0n) is 12.5. The molecule has 0 bridgehead atoms. The van der Waals surface area contributed by atoms with E-state index in [4.69, 9.17) is 14.2 Å². The van der Waals surface area contributed by atoms with E-state index in [0.29, 0.717) is 25.9 Å². The van der Waals surface area contributed by atoms with E-state index in [1.807, 2.05) is 7.05 Å². The fraction of sp³-hybridized carbons (Fsp3) is 0.625. The van der Waals surface area contributed by atoms with Gasteiger partial charge in [-0.1, -0.05) is 6.07 Å². The molecule has 112 valence electrons. The molecule has 1 unspecified atom stereocenters. The lowest BCUT2D eigenvalue weighted by atomic mass is 10.1. The second kappa shape index (κ2) is 8.25. The van der Waals surface area contributed by atoms with E-state index >= 15 is 0 Å². The van der Waals surface area contributed by atoms with Crippen LogP contribution in [0.15, 0.2) is 18.2 Å². The summed E-state index contributed by atoms with van der Waals surface area (Å²) in [5.74, 6) is 0.970. The van der Waals surface area contributed by atoms with Gasteiger partial charge in [-0.2, -0.15) is 0 Å². The highest BCUT2D eigenvalue weighted by atomic mass is 16.5. The molecule has 0 radical (unpaired) electrons. The van der Waals surface area contributed by atoms with Crippen molar-refractivity contribution in [1.29, 1.82) is 0 Å². The smallest absolute Gasteiger partial charge is 0.119 e. The standard InChI is InChI=1S/C16H25NO3/c1-17-16-7-4-13-12-14(5-6-15(13)16)20-9-3-8-19-11-10-18-2/h5-6,12,16-17H,3-4,7-11H2,1-2H3. The molecular weight excluding hydrogens is 254 g/mol. The van der Waals surface area contributed by atoms with Gasteiger partial charge in [0, 0.05) is 26.2 Å². The van der Waals surface area contributed by atoms with Crippen LogP contribution in [0.1, 0.15) is 30.0 Å². The molecule has 0 amide bonds. The van der Waals surface area contributed by atoms with Crippen LogP contribution in [0.5, 0.6) is 5.75 Å². The summed E-state index contributed by atoms with van der Waals surface area (Å²) in [5, 5.41) is 3.35. The molecule has 0 saturated carbocycles. The van der Waals surface area contributed by atoms with E-state index in [9.17, 15) is 0 Å². The van der Waals surface area contributed by atoms with Crippen molar-refractivity contribution in [3.05, 3.63) is 29.3 Å². The second-order valence-corrected chi connectivity index (χ2v) is 5.05. The Morgan fingerprint density at radius 2 is 2.10 bits per heavy atom. The minimum atomic E-state index is 0.508. The molecule has 1 atom stereocenters. The SMILES string of the molecule is CNC1CCc2cc(OCCCOCCOC)ccc21. The largest absolute Gasteiger partial charge is 0.493 e. The summed E-state index contributed by atoms with van der Waals surface area (Å²) in [5.41, 5.74) is 2.83. The van der Waals surface area contributed by atoms with E-state index in [1.54, 1.807) is 7.11 Å². The Bertz CT molecular complexity index is 409. The molecule has 0 heterocycles. The third-order valence-electron chi connectivity index (χ3n) is 3.67. The minimum absolute atomic E-state index is 0.508. The minimum Gasteiger partial charge on any atom is -0.493 e. The van der Waals surface area contributed by atoms with Crippen LogP contribution in [0.3, 0.4) is 0 Å². The Morgan fingerprint density at radius 3 is 2.90 bits per heavy atom. The summed E-state index contributed by atoms with van der Waals surface area (Å²) < 4.78 is 16.1. The monoisotopic (exact) mass is 279 g/mol. The van der Waals surface area contributed by atoms with E-state index in [1.165, 1.54) is 17.5 Å². The van der Waals surface area contributed by atoms with Crippen molar-refractivity contribution >= 4 is 0 Å². The Balaban J connectivity index is 1.69. The molecule has 1 aromatic carbocycles. The summed E-state index contributed by atoms with van der Waals surface area (Å²) in [6.07, 6.45) is 3.22. The van der Waals surface area contributed by atoms with Gasteiger partial charge in [-0.3, -0.25) is 0 Å². The first kappa shape index (κ1) is 15.3. The summed E-state index contributed by atoms with van der Waals surface area (Å²) >= 11 is 0. The number of ether oxygens (including phenoxy) is 3. The van der Waals surface area contributed by atoms with Crippen LogP contribution in [-0.2, 0) is 15.9 Å². The lowest BCUT2D eigenvalue weighted by molar-refractivity contribution is 0.0644. The van der Waals surface area contributed by atoms with Gasteiger partial charge in [0.1, 0.15) is 5.75 Å². The van der Waals surface area contributed by atoms with Crippen LogP contribution in [0.25, 0.3) is 0 Å². The molecule has 20 heavy (non-hydrogen) atoms. The maximum absolute atomic E-state index is 5.78. The first-order valence-electron chi connectivity index (χ1n) is 7.34. The fourth-order valence-electron chi connectivity index (χ4n) is 2.58. The highest BCUT2D eigenvalue weighted by molar-refractivity contribution is 5.40. The Labute approximate surface area is 121 Å². The van der Waals surface area contributed by atoms with Gasteiger partial charge < -0.3 is 19.5 Å². The van der Waals surface area contributed by atoms with Gasteiger partial charge in [-0.25, -0.2) is 0 Å². The lowest BCUT2D eigenvalue weighted by Gasteiger charge is -2.11. The van der Waals surface area contributed by atoms with Gasteiger partial charge in [0.2, 0.25) is 0 Å². The van der Waals surface area contributed by atoms with Crippen LogP contribution in [-0.4, -0.2) is 40.6 Å². The summed E-state index contributed by atoms with van der Waals surface area (Å²) in [4.78, 5) is 0. The van der Waals surface area contributed by atoms with E-state index < -0.39 is 0 Å². The van der Waals surface area contributed by atoms with Crippen LogP contribution in [0, 0.1) is 0 Å². The third kappa shape index (κ3) is 4.20. The molecular formula is C16H25NO3. The van der Waals surface area contributed by atoms with Gasteiger partial charge in [0.25, 0.3) is 0 Å². The molecule has 4 nitrogen and oxygen atoms in total. The topological polar surface area (TPSA) is 39.7 Å². The maximum Gasteiger partial charge on any atom is 0.119 e. The third-order valence-corrected chi connectivity index (χ3v) is 3.67. The molecule has 0 saturated heterocycles. The fourth-order valence-corrected chi connectivity index (χ4v) is 2.58. The van der Waals surface area contributed by atoms with Crippen molar-refractivity contribution in [2.75, 3.05) is 40.6 Å². The highest BCUT2D eigenvalue weighted by Gasteiger charge is 2.20. The summed E-state index contributed by atoms with van der Waals surface area (Å²) in [7, 11) is 3.70. The average Bonchev–Trinajstić information content (AvgIpc) is 2.88. The average molecular weight is 279 g/mol. The second-order valence-electron chi connectivity index (χ2n) is 5.05. The van der Waals surface area contributed by atoms with Gasteiger partial charge in [-0.15, -0.1) is 0 Å². The molecule has 1 aliphatic carbocycles. The Morgan fingerprint density at radius 1 is 1.20 bits per heavy atom. The first-order chi connectivity index (χ1) is 9.85. The molecule has 0 spiro atoms. The van der Waals surface area contributed by atoms with Gasteiger partial charge in [0.05, 0.1) is 19.8 Å². The lowest BCUT2D eigenvalue weighted by Crippen LogP contribution is -2.12. The van der Waals surface area contributed by atoms with Gasteiger partial charge in [0.15, 0.2) is 0 Å². The van der Waals surface area contributed by atoms with Crippen LogP contribution in [0.4, 0.5) is 0 Å². The highest BCUT2D eigenvalue weighted by Crippen LogP contribution is 2.33. The van der Waals surface area contributed by atoms with E-state index in [-0.39, 0.29) is 0 Å². The van der Waals surface area contributed by atoms with Crippen molar-refractivity contribution in [2.24, 2.45) is 0 Å². The van der Waals surface area contributed by atoms with Crippen LogP contribution >= 0.6 is 0 Å². The molecule has 2 rings (SSSR count). The number of methoxy groups -OCH3 is 1. The predicted molar refractivity (Wildman–Crippen MR) is 79.4 cm³/mol. The van der Waals surface area contributed by atoms with Crippen molar-refractivity contribution in [3.8, 4) is 5.75 Å². The molecule has 4 heteroatoms. The first-order valence-corrected chi connectivity index (χ1v) is 7.34. The zero-order chi connectivity index (χ0) is 14.2. The van der Waals surface area contributed by atoms with Crippen LogP contribution in [0.2, 0.25) is 0 Å². The Hall–Kier alpha value is -1.10. The number of benzene rings is 1. The molecule has 0 aliphatic heterocycles. The normalized spacial score (nSPS) is 17.2. The number of rotatable bonds is 9.